The minimum Gasteiger partial charge on any atom is -0.444 e. The van der Waals surface area contributed by atoms with Gasteiger partial charge in [0.1, 0.15) is 17.2 Å². The van der Waals surface area contributed by atoms with E-state index in [4.69, 9.17) is 9.72 Å². The van der Waals surface area contributed by atoms with Crippen LogP contribution in [0.5, 0.6) is 0 Å². The molecule has 2 saturated heterocycles. The molecule has 30 heavy (non-hydrogen) atoms. The summed E-state index contributed by atoms with van der Waals surface area (Å²) >= 11 is 0. The minimum absolute atomic E-state index is 0.0697. The summed E-state index contributed by atoms with van der Waals surface area (Å²) < 4.78 is 5.54. The predicted octanol–water partition coefficient (Wildman–Crippen LogP) is 4.21. The van der Waals surface area contributed by atoms with Crippen molar-refractivity contribution in [2.75, 3.05) is 29.9 Å². The maximum Gasteiger partial charge on any atom is 0.410 e. The van der Waals surface area contributed by atoms with E-state index in [1.54, 1.807) is 0 Å². The molecule has 166 valence electrons. The van der Waals surface area contributed by atoms with Crippen LogP contribution in [-0.2, 0) is 9.53 Å². The Labute approximate surface area is 180 Å². The number of anilines is 2. The smallest absolute Gasteiger partial charge is 0.410 e. The Morgan fingerprint density at radius 1 is 1.13 bits per heavy atom. The van der Waals surface area contributed by atoms with E-state index < -0.39 is 5.60 Å². The lowest BCUT2D eigenvalue weighted by molar-refractivity contribution is -0.117. The highest BCUT2D eigenvalue weighted by Gasteiger charge is 2.44. The fraction of sp³-hybridized carbons (Fsp3) is 0.696. The van der Waals surface area contributed by atoms with Crippen molar-refractivity contribution in [3.8, 4) is 0 Å². The number of rotatable bonds is 3. The van der Waals surface area contributed by atoms with Gasteiger partial charge in [0.2, 0.25) is 5.91 Å². The lowest BCUT2D eigenvalue weighted by Gasteiger charge is -2.28. The Hall–Kier alpha value is -2.31. The third-order valence-corrected chi connectivity index (χ3v) is 5.65. The van der Waals surface area contributed by atoms with Crippen molar-refractivity contribution in [2.24, 2.45) is 11.8 Å². The number of pyridine rings is 1. The molecule has 7 heteroatoms. The predicted molar refractivity (Wildman–Crippen MR) is 119 cm³/mol. The van der Waals surface area contributed by atoms with E-state index in [0.29, 0.717) is 18.3 Å². The lowest BCUT2D eigenvalue weighted by atomic mass is 10.1. The van der Waals surface area contributed by atoms with Crippen molar-refractivity contribution in [3.63, 3.8) is 0 Å². The van der Waals surface area contributed by atoms with Gasteiger partial charge in [-0.15, -0.1) is 0 Å². The number of amides is 2. The van der Waals surface area contributed by atoms with Gasteiger partial charge in [0, 0.05) is 31.5 Å². The molecular weight excluding hydrogens is 380 g/mol. The van der Waals surface area contributed by atoms with Crippen molar-refractivity contribution >= 4 is 23.6 Å². The second-order valence-corrected chi connectivity index (χ2v) is 9.35. The van der Waals surface area contributed by atoms with Crippen LogP contribution in [0.1, 0.15) is 59.4 Å². The number of hydrogen-bond acceptors (Lipinski definition) is 5. The summed E-state index contributed by atoms with van der Waals surface area (Å²) in [4.78, 5) is 33.4. The van der Waals surface area contributed by atoms with Gasteiger partial charge in [0.25, 0.3) is 0 Å². The molecule has 1 aromatic rings. The molecule has 0 radical (unpaired) electrons. The molecule has 3 fully saturated rings. The molecule has 0 aromatic carbocycles. The van der Waals surface area contributed by atoms with E-state index in [2.05, 4.69) is 16.3 Å². The summed E-state index contributed by atoms with van der Waals surface area (Å²) in [7, 11) is 0. The van der Waals surface area contributed by atoms with Gasteiger partial charge in [-0.1, -0.05) is 13.8 Å². The van der Waals surface area contributed by atoms with Gasteiger partial charge in [-0.05, 0) is 64.7 Å². The number of nitrogens with zero attached hydrogens (tertiary/aromatic N) is 3. The van der Waals surface area contributed by atoms with Crippen molar-refractivity contribution < 1.29 is 14.3 Å². The highest BCUT2D eigenvalue weighted by molar-refractivity contribution is 5.93. The van der Waals surface area contributed by atoms with Gasteiger partial charge >= 0.3 is 6.09 Å². The first kappa shape index (κ1) is 22.4. The monoisotopic (exact) mass is 416 g/mol. The fourth-order valence-corrected chi connectivity index (χ4v) is 4.16. The lowest BCUT2D eigenvalue weighted by Crippen LogP contribution is -2.39. The van der Waals surface area contributed by atoms with Crippen LogP contribution in [0, 0.1) is 18.8 Å². The van der Waals surface area contributed by atoms with E-state index in [1.807, 2.05) is 52.5 Å². The van der Waals surface area contributed by atoms with Gasteiger partial charge in [0.05, 0.1) is 6.04 Å². The molecule has 2 unspecified atom stereocenters. The Balaban J connectivity index is 0.00000124. The number of hydrogen-bond donors (Lipinski definition) is 1. The average molecular weight is 417 g/mol. The van der Waals surface area contributed by atoms with E-state index in [9.17, 15) is 9.59 Å². The zero-order valence-corrected chi connectivity index (χ0v) is 19.2. The molecule has 2 amide bonds. The molecule has 4 rings (SSSR count). The molecule has 1 N–H and O–H groups in total. The highest BCUT2D eigenvalue weighted by atomic mass is 16.6. The van der Waals surface area contributed by atoms with Crippen LogP contribution >= 0.6 is 0 Å². The number of aromatic nitrogens is 1. The first-order valence-electron chi connectivity index (χ1n) is 11.2. The zero-order chi connectivity index (χ0) is 22.1. The van der Waals surface area contributed by atoms with Crippen LogP contribution in [-0.4, -0.2) is 53.2 Å². The van der Waals surface area contributed by atoms with Crippen LogP contribution in [0.2, 0.25) is 0 Å². The normalized spacial score (nSPS) is 22.9. The van der Waals surface area contributed by atoms with E-state index >= 15 is 0 Å². The first-order valence-corrected chi connectivity index (χ1v) is 11.2. The van der Waals surface area contributed by atoms with Gasteiger partial charge < -0.3 is 19.9 Å². The molecular formula is C23H36N4O3. The van der Waals surface area contributed by atoms with Crippen LogP contribution < -0.4 is 10.2 Å². The number of fused-ring (bicyclic) bond motifs is 1. The molecule has 2 aliphatic heterocycles. The average Bonchev–Trinajstić information content (AvgIpc) is 3.31. The molecule has 2 atom stereocenters. The Morgan fingerprint density at radius 3 is 2.47 bits per heavy atom. The molecule has 0 bridgehead atoms. The van der Waals surface area contributed by atoms with Crippen molar-refractivity contribution in [1.82, 2.24) is 9.88 Å². The summed E-state index contributed by atoms with van der Waals surface area (Å²) in [6.07, 6.45) is 2.74. The standard InChI is InChI=1S/C21H30N4O3.C2H6/c1-13-9-17(23-19(26)14-5-6-14)22-18(10-13)25-8-7-15-11-24(12-16(15)25)20(27)28-21(2,3)4;1-2/h9-10,14-16H,5-8,11-12H2,1-4H3,(H,22,23,26);1-2H3. The first-order chi connectivity index (χ1) is 14.2. The molecule has 0 spiro atoms. The van der Waals surface area contributed by atoms with Gasteiger partial charge in [0.15, 0.2) is 0 Å². The Bertz CT molecular complexity index is 785. The highest BCUT2D eigenvalue weighted by Crippen LogP contribution is 2.36. The summed E-state index contributed by atoms with van der Waals surface area (Å²) in [5.41, 5.74) is 0.586. The third kappa shape index (κ3) is 5.24. The number of aryl methyl sites for hydroxylation is 1. The molecule has 3 heterocycles. The van der Waals surface area contributed by atoms with Gasteiger partial charge in [-0.25, -0.2) is 9.78 Å². The Kier molecular flexibility index (Phi) is 6.58. The minimum atomic E-state index is -0.485. The maximum absolute atomic E-state index is 12.5. The molecule has 1 aromatic heterocycles. The Morgan fingerprint density at radius 2 is 1.83 bits per heavy atom. The second-order valence-electron chi connectivity index (χ2n) is 9.35. The number of ether oxygens (including phenoxy) is 1. The third-order valence-electron chi connectivity index (χ3n) is 5.65. The molecule has 3 aliphatic rings. The van der Waals surface area contributed by atoms with E-state index in [1.165, 1.54) is 0 Å². The SMILES string of the molecule is CC.Cc1cc(NC(=O)C2CC2)nc(N2CCC3CN(C(=O)OC(C)(C)C)CC32)c1. The maximum atomic E-state index is 12.5. The van der Waals surface area contributed by atoms with E-state index in [0.717, 1.165) is 43.7 Å². The van der Waals surface area contributed by atoms with Crippen molar-refractivity contribution in [3.05, 3.63) is 17.7 Å². The summed E-state index contributed by atoms with van der Waals surface area (Å²) in [6, 6.07) is 4.22. The topological polar surface area (TPSA) is 74.8 Å². The number of likely N-dealkylation sites (tertiary alicyclic amines) is 1. The molecule has 1 aliphatic carbocycles. The van der Waals surface area contributed by atoms with Gasteiger partial charge in [-0.3, -0.25) is 4.79 Å². The fourth-order valence-electron chi connectivity index (χ4n) is 4.16. The second kappa shape index (κ2) is 8.82. The van der Waals surface area contributed by atoms with E-state index in [-0.39, 0.29) is 24.0 Å². The largest absolute Gasteiger partial charge is 0.444 e. The summed E-state index contributed by atoms with van der Waals surface area (Å²) in [5, 5.41) is 2.96. The molecule has 7 nitrogen and oxygen atoms in total. The van der Waals surface area contributed by atoms with Crippen LogP contribution in [0.3, 0.4) is 0 Å². The zero-order valence-electron chi connectivity index (χ0n) is 19.2. The van der Waals surface area contributed by atoms with Crippen LogP contribution in [0.15, 0.2) is 12.1 Å². The van der Waals surface area contributed by atoms with Crippen LogP contribution in [0.4, 0.5) is 16.4 Å². The summed E-state index contributed by atoms with van der Waals surface area (Å²) in [6.45, 7) is 14.0. The number of carbonyl (C=O) groups is 2. The summed E-state index contributed by atoms with van der Waals surface area (Å²) in [5.74, 6) is 2.15. The van der Waals surface area contributed by atoms with Crippen molar-refractivity contribution in [1.29, 1.82) is 0 Å². The van der Waals surface area contributed by atoms with Gasteiger partial charge in [-0.2, -0.15) is 0 Å². The number of carbonyl (C=O) groups excluding carboxylic acids is 2. The van der Waals surface area contributed by atoms with Crippen molar-refractivity contribution in [2.45, 2.75) is 72.4 Å². The molecule has 1 saturated carbocycles. The van der Waals surface area contributed by atoms with Crippen LogP contribution in [0.25, 0.3) is 0 Å². The number of nitrogens with one attached hydrogen (secondary N) is 1. The quantitative estimate of drug-likeness (QED) is 0.799.